The number of carbonyl (C=O) groups is 1. The number of fused-ring (bicyclic) bond motifs is 1. The molecule has 116 valence electrons. The largest absolute Gasteiger partial charge is 0.492 e. The van der Waals surface area contributed by atoms with Crippen LogP contribution >= 0.6 is 15.9 Å². The Hall–Kier alpha value is -2.09. The van der Waals surface area contributed by atoms with Crippen LogP contribution in [-0.2, 0) is 0 Å². The molecule has 1 aliphatic heterocycles. The molecule has 1 aromatic heterocycles. The number of hydrogen-bond donors (Lipinski definition) is 2. The lowest BCUT2D eigenvalue weighted by molar-refractivity contribution is 0.0913. The molecule has 0 fully saturated rings. The molecule has 2 aromatic rings. The van der Waals surface area contributed by atoms with E-state index in [0.29, 0.717) is 28.2 Å². The van der Waals surface area contributed by atoms with Gasteiger partial charge in [-0.15, -0.1) is 0 Å². The Balaban J connectivity index is 2.08. The number of anilines is 2. The number of benzene rings is 1. The van der Waals surface area contributed by atoms with Crippen LogP contribution in [0.15, 0.2) is 22.8 Å². The Morgan fingerprint density at radius 3 is 3.05 bits per heavy atom. The predicted octanol–water partition coefficient (Wildman–Crippen LogP) is 2.84. The molecule has 0 saturated carbocycles. The lowest BCUT2D eigenvalue weighted by Crippen LogP contribution is -2.38. The molecule has 1 amide bonds. The molecule has 0 aliphatic carbocycles. The molecule has 1 aliphatic rings. The Morgan fingerprint density at radius 2 is 2.32 bits per heavy atom. The summed E-state index contributed by atoms with van der Waals surface area (Å²) in [6.45, 7) is 2.47. The van der Waals surface area contributed by atoms with Gasteiger partial charge in [-0.2, -0.15) is 5.10 Å². The zero-order valence-corrected chi connectivity index (χ0v) is 13.6. The Morgan fingerprint density at radius 1 is 1.55 bits per heavy atom. The fourth-order valence-electron chi connectivity index (χ4n) is 2.41. The minimum absolute atomic E-state index is 0.0361. The third-order valence-corrected chi connectivity index (χ3v) is 4.04. The molecular formula is C14H14BrFN4O2. The van der Waals surface area contributed by atoms with Crippen LogP contribution in [0.1, 0.15) is 23.5 Å². The Labute approximate surface area is 134 Å². The average Bonchev–Trinajstić information content (AvgIpc) is 2.82. The molecule has 0 saturated heterocycles. The van der Waals surface area contributed by atoms with E-state index in [1.165, 1.54) is 13.2 Å². The van der Waals surface area contributed by atoms with Crippen LogP contribution < -0.4 is 15.4 Å². The molecule has 2 N–H and O–H groups in total. The average molecular weight is 369 g/mol. The fourth-order valence-corrected chi connectivity index (χ4v) is 2.87. The van der Waals surface area contributed by atoms with Gasteiger partial charge in [0.25, 0.3) is 5.91 Å². The van der Waals surface area contributed by atoms with Gasteiger partial charge >= 0.3 is 0 Å². The summed E-state index contributed by atoms with van der Waals surface area (Å²) in [6.07, 6.45) is 0. The Bertz CT molecular complexity index is 747. The summed E-state index contributed by atoms with van der Waals surface area (Å²) in [5.74, 6) is -0.629. The smallest absolute Gasteiger partial charge is 0.271 e. The van der Waals surface area contributed by atoms with Crippen molar-refractivity contribution in [3.8, 4) is 5.75 Å². The van der Waals surface area contributed by atoms with E-state index >= 15 is 0 Å². The van der Waals surface area contributed by atoms with Crippen molar-refractivity contribution in [3.05, 3.63) is 34.3 Å². The lowest BCUT2D eigenvalue weighted by Gasteiger charge is -2.22. The molecule has 0 unspecified atom stereocenters. The van der Waals surface area contributed by atoms with Crippen molar-refractivity contribution in [2.75, 3.05) is 19.0 Å². The molecule has 22 heavy (non-hydrogen) atoms. The van der Waals surface area contributed by atoms with Gasteiger partial charge in [0.1, 0.15) is 5.69 Å². The van der Waals surface area contributed by atoms with E-state index < -0.39 is 5.82 Å². The molecular weight excluding hydrogens is 355 g/mol. The minimum Gasteiger partial charge on any atom is -0.492 e. The number of amides is 1. The van der Waals surface area contributed by atoms with Gasteiger partial charge in [0.15, 0.2) is 21.9 Å². The number of ether oxygens (including phenoxy) is 1. The van der Waals surface area contributed by atoms with Crippen LogP contribution in [0.2, 0.25) is 0 Å². The summed E-state index contributed by atoms with van der Waals surface area (Å²) in [5, 5.41) is 10.2. The molecule has 8 heteroatoms. The second-order valence-electron chi connectivity index (χ2n) is 4.96. The van der Waals surface area contributed by atoms with E-state index in [0.717, 1.165) is 0 Å². The molecule has 0 spiro atoms. The van der Waals surface area contributed by atoms with Crippen LogP contribution in [0.4, 0.5) is 15.8 Å². The number of para-hydroxylation sites is 1. The molecule has 2 heterocycles. The van der Waals surface area contributed by atoms with Gasteiger partial charge in [-0.1, -0.05) is 6.07 Å². The molecule has 6 nitrogen and oxygen atoms in total. The first-order chi connectivity index (χ1) is 10.5. The van der Waals surface area contributed by atoms with Gasteiger partial charge in [-0.05, 0) is 35.0 Å². The second kappa shape index (κ2) is 5.60. The summed E-state index contributed by atoms with van der Waals surface area (Å²) in [7, 11) is 1.39. The quantitative estimate of drug-likeness (QED) is 0.873. The van der Waals surface area contributed by atoms with Crippen LogP contribution in [0.3, 0.4) is 0 Å². The van der Waals surface area contributed by atoms with Crippen molar-refractivity contribution < 1.29 is 13.9 Å². The predicted molar refractivity (Wildman–Crippen MR) is 83.2 cm³/mol. The van der Waals surface area contributed by atoms with E-state index in [9.17, 15) is 9.18 Å². The summed E-state index contributed by atoms with van der Waals surface area (Å²) in [5.41, 5.74) is 1.30. The van der Waals surface area contributed by atoms with Gasteiger partial charge in [-0.3, -0.25) is 9.48 Å². The zero-order chi connectivity index (χ0) is 15.9. The van der Waals surface area contributed by atoms with E-state index in [2.05, 4.69) is 31.7 Å². The van der Waals surface area contributed by atoms with Crippen LogP contribution in [0.25, 0.3) is 0 Å². The maximum Gasteiger partial charge on any atom is 0.271 e. The summed E-state index contributed by atoms with van der Waals surface area (Å²) < 4.78 is 21.0. The van der Waals surface area contributed by atoms with E-state index in [1.807, 2.05) is 6.92 Å². The number of nitrogens with one attached hydrogen (secondary N) is 2. The molecule has 0 bridgehead atoms. The minimum atomic E-state index is -0.484. The third kappa shape index (κ3) is 2.33. The summed E-state index contributed by atoms with van der Waals surface area (Å²) in [6, 6.07) is 4.57. The number of aromatic nitrogens is 2. The van der Waals surface area contributed by atoms with Crippen molar-refractivity contribution in [3.63, 3.8) is 0 Å². The zero-order valence-electron chi connectivity index (χ0n) is 12.0. The maximum absolute atomic E-state index is 13.8. The molecule has 0 radical (unpaired) electrons. The van der Waals surface area contributed by atoms with Crippen molar-refractivity contribution in [2.45, 2.75) is 13.0 Å². The van der Waals surface area contributed by atoms with E-state index in [1.54, 1.807) is 16.8 Å². The SMILES string of the molecule is COc1c(F)cccc1Nc1c(Br)nn2c1C(=O)NC[C@@H]2C. The first-order valence-corrected chi connectivity index (χ1v) is 7.48. The highest BCUT2D eigenvalue weighted by Gasteiger charge is 2.29. The van der Waals surface area contributed by atoms with Crippen LogP contribution in [-0.4, -0.2) is 29.3 Å². The van der Waals surface area contributed by atoms with Crippen molar-refractivity contribution in [1.29, 1.82) is 0 Å². The maximum atomic E-state index is 13.8. The van der Waals surface area contributed by atoms with Crippen LogP contribution in [0.5, 0.6) is 5.75 Å². The highest BCUT2D eigenvalue weighted by atomic mass is 79.9. The Kier molecular flexibility index (Phi) is 3.78. The lowest BCUT2D eigenvalue weighted by atomic mass is 10.2. The monoisotopic (exact) mass is 368 g/mol. The third-order valence-electron chi connectivity index (χ3n) is 3.49. The highest BCUT2D eigenvalue weighted by molar-refractivity contribution is 9.10. The van der Waals surface area contributed by atoms with Gasteiger partial charge in [0.2, 0.25) is 0 Å². The van der Waals surface area contributed by atoms with Crippen molar-refractivity contribution >= 4 is 33.2 Å². The van der Waals surface area contributed by atoms with Gasteiger partial charge in [-0.25, -0.2) is 4.39 Å². The fraction of sp³-hybridized carbons (Fsp3) is 0.286. The normalized spacial score (nSPS) is 16.9. The van der Waals surface area contributed by atoms with E-state index in [4.69, 9.17) is 4.74 Å². The molecule has 3 rings (SSSR count). The van der Waals surface area contributed by atoms with E-state index in [-0.39, 0.29) is 17.7 Å². The number of carbonyl (C=O) groups excluding carboxylic acids is 1. The van der Waals surface area contributed by atoms with Crippen molar-refractivity contribution in [2.24, 2.45) is 0 Å². The highest BCUT2D eigenvalue weighted by Crippen LogP contribution is 2.36. The summed E-state index contributed by atoms with van der Waals surface area (Å²) >= 11 is 3.35. The number of halogens is 2. The molecule has 1 aromatic carbocycles. The first kappa shape index (κ1) is 14.8. The van der Waals surface area contributed by atoms with Gasteiger partial charge < -0.3 is 15.4 Å². The topological polar surface area (TPSA) is 68.2 Å². The number of hydrogen-bond acceptors (Lipinski definition) is 4. The molecule has 1 atom stereocenters. The number of nitrogens with zero attached hydrogens (tertiary/aromatic N) is 2. The van der Waals surface area contributed by atoms with Crippen molar-refractivity contribution in [1.82, 2.24) is 15.1 Å². The first-order valence-electron chi connectivity index (χ1n) is 6.68. The van der Waals surface area contributed by atoms with Crippen LogP contribution in [0, 0.1) is 5.82 Å². The number of methoxy groups -OCH3 is 1. The number of rotatable bonds is 3. The summed E-state index contributed by atoms with van der Waals surface area (Å²) in [4.78, 5) is 12.1. The van der Waals surface area contributed by atoms with Gasteiger partial charge in [0.05, 0.1) is 18.8 Å². The van der Waals surface area contributed by atoms with Gasteiger partial charge in [0, 0.05) is 6.54 Å². The standard InChI is InChI=1S/C14H14BrFN4O2/c1-7-6-17-14(21)11-10(13(15)19-20(7)11)18-9-5-3-4-8(16)12(9)22-2/h3-5,7,18H,6H2,1-2H3,(H,17,21)/t7-/m0/s1. The second-order valence-corrected chi connectivity index (χ2v) is 5.71.